The van der Waals surface area contributed by atoms with Crippen LogP contribution in [0.15, 0.2) is 18.2 Å². The first-order valence-corrected chi connectivity index (χ1v) is 12.6. The molecule has 3 aliphatic heterocycles. The summed E-state index contributed by atoms with van der Waals surface area (Å²) < 4.78 is 23.5. The average Bonchev–Trinajstić information content (AvgIpc) is 2.86. The van der Waals surface area contributed by atoms with E-state index in [1.807, 2.05) is 17.9 Å². The standard InChI is InChI=1S/C25H35ClN2O6/c1-19-14-21(5-6-22(19)26)33-18-25(16-24(30)27-7-11-31-12-8-27)17-28(9-13-34-25)23(29)15-20-4-2-3-10-32-20/h5-6,14,20H,2-4,7-13,15-18H2,1H3/t20-,25-/m1/s1. The lowest BCUT2D eigenvalue weighted by atomic mass is 9.96. The van der Waals surface area contributed by atoms with E-state index in [4.69, 9.17) is 30.5 Å². The van der Waals surface area contributed by atoms with Crippen molar-refractivity contribution in [1.29, 1.82) is 0 Å². The van der Waals surface area contributed by atoms with Gasteiger partial charge >= 0.3 is 0 Å². The average molecular weight is 495 g/mol. The number of benzene rings is 1. The normalized spacial score (nSPS) is 25.8. The molecule has 3 aliphatic rings. The Morgan fingerprint density at radius 1 is 1.09 bits per heavy atom. The fourth-order valence-corrected chi connectivity index (χ4v) is 4.83. The van der Waals surface area contributed by atoms with Gasteiger partial charge in [-0.05, 0) is 49.9 Å². The van der Waals surface area contributed by atoms with Gasteiger partial charge in [0.1, 0.15) is 18.0 Å². The summed E-state index contributed by atoms with van der Waals surface area (Å²) in [6, 6.07) is 5.46. The van der Waals surface area contributed by atoms with Gasteiger partial charge in [0, 0.05) is 31.3 Å². The maximum Gasteiger partial charge on any atom is 0.225 e. The number of aryl methyl sites for hydroxylation is 1. The number of ether oxygens (including phenoxy) is 4. The van der Waals surface area contributed by atoms with Gasteiger partial charge in [-0.2, -0.15) is 0 Å². The molecule has 4 rings (SSSR count). The summed E-state index contributed by atoms with van der Waals surface area (Å²) in [6.45, 7) is 6.15. The molecule has 8 nitrogen and oxygen atoms in total. The molecular weight excluding hydrogens is 460 g/mol. The maximum atomic E-state index is 13.2. The molecular formula is C25H35ClN2O6. The van der Waals surface area contributed by atoms with Gasteiger partial charge in [0.15, 0.2) is 0 Å². The number of amides is 2. The summed E-state index contributed by atoms with van der Waals surface area (Å²) in [6.07, 6.45) is 3.54. The van der Waals surface area contributed by atoms with E-state index in [0.717, 1.165) is 24.8 Å². The molecule has 3 saturated heterocycles. The molecule has 2 atom stereocenters. The van der Waals surface area contributed by atoms with Gasteiger partial charge in [-0.1, -0.05) is 11.6 Å². The number of rotatable bonds is 7. The highest BCUT2D eigenvalue weighted by molar-refractivity contribution is 6.31. The van der Waals surface area contributed by atoms with E-state index in [2.05, 4.69) is 0 Å². The maximum absolute atomic E-state index is 13.2. The Morgan fingerprint density at radius 3 is 2.62 bits per heavy atom. The van der Waals surface area contributed by atoms with Crippen LogP contribution in [0.3, 0.4) is 0 Å². The number of hydrogen-bond donors (Lipinski definition) is 0. The zero-order chi connectivity index (χ0) is 24.0. The molecule has 0 spiro atoms. The van der Waals surface area contributed by atoms with Crippen LogP contribution < -0.4 is 4.74 Å². The third-order valence-electron chi connectivity index (χ3n) is 6.75. The second-order valence-electron chi connectivity index (χ2n) is 9.41. The molecule has 0 unspecified atom stereocenters. The Balaban J connectivity index is 1.46. The van der Waals surface area contributed by atoms with E-state index >= 15 is 0 Å². The largest absolute Gasteiger partial charge is 0.490 e. The van der Waals surface area contributed by atoms with Crippen LogP contribution in [0.25, 0.3) is 0 Å². The Hall–Kier alpha value is -1.87. The molecule has 0 saturated carbocycles. The van der Waals surface area contributed by atoms with Crippen LogP contribution >= 0.6 is 11.6 Å². The van der Waals surface area contributed by atoms with E-state index in [-0.39, 0.29) is 30.9 Å². The van der Waals surface area contributed by atoms with Crippen molar-refractivity contribution in [2.75, 3.05) is 59.2 Å². The number of halogens is 1. The smallest absolute Gasteiger partial charge is 0.225 e. The summed E-state index contributed by atoms with van der Waals surface area (Å²) in [4.78, 5) is 29.9. The quantitative estimate of drug-likeness (QED) is 0.580. The number of morpholine rings is 2. The Morgan fingerprint density at radius 2 is 1.88 bits per heavy atom. The van der Waals surface area contributed by atoms with E-state index in [9.17, 15) is 9.59 Å². The Bertz CT molecular complexity index is 856. The van der Waals surface area contributed by atoms with Crippen LogP contribution in [0.1, 0.15) is 37.7 Å². The molecule has 9 heteroatoms. The van der Waals surface area contributed by atoms with Gasteiger partial charge in [0.2, 0.25) is 11.8 Å². The fourth-order valence-electron chi connectivity index (χ4n) is 4.72. The summed E-state index contributed by atoms with van der Waals surface area (Å²) in [5.74, 6) is 0.688. The van der Waals surface area contributed by atoms with Gasteiger partial charge in [0.25, 0.3) is 0 Å². The Kier molecular flexibility index (Phi) is 8.69. The highest BCUT2D eigenvalue weighted by Gasteiger charge is 2.42. The lowest BCUT2D eigenvalue weighted by molar-refractivity contribution is -0.168. The SMILES string of the molecule is Cc1cc(OC[C@@]2(CC(=O)N3CCOCC3)CN(C(=O)C[C@H]3CCCCO3)CCO2)ccc1Cl. The van der Waals surface area contributed by atoms with Crippen molar-refractivity contribution in [3.05, 3.63) is 28.8 Å². The van der Waals surface area contributed by atoms with Crippen LogP contribution in [-0.2, 0) is 23.8 Å². The molecule has 0 radical (unpaired) electrons. The minimum Gasteiger partial charge on any atom is -0.490 e. The van der Waals surface area contributed by atoms with Crippen LogP contribution in [-0.4, -0.2) is 92.5 Å². The van der Waals surface area contributed by atoms with Gasteiger partial charge in [-0.25, -0.2) is 0 Å². The molecule has 34 heavy (non-hydrogen) atoms. The molecule has 0 aliphatic carbocycles. The number of hydrogen-bond acceptors (Lipinski definition) is 6. The van der Waals surface area contributed by atoms with E-state index in [0.29, 0.717) is 69.8 Å². The molecule has 3 fully saturated rings. The first-order chi connectivity index (χ1) is 16.4. The zero-order valence-electron chi connectivity index (χ0n) is 19.9. The molecule has 0 N–H and O–H groups in total. The minimum atomic E-state index is -0.926. The minimum absolute atomic E-state index is 0.0101. The first kappa shape index (κ1) is 25.2. The van der Waals surface area contributed by atoms with Crippen molar-refractivity contribution in [3.8, 4) is 5.75 Å². The van der Waals surface area contributed by atoms with Crippen LogP contribution in [0, 0.1) is 6.92 Å². The lowest BCUT2D eigenvalue weighted by Crippen LogP contribution is -2.59. The highest BCUT2D eigenvalue weighted by atomic mass is 35.5. The number of carbonyl (C=O) groups is 2. The van der Waals surface area contributed by atoms with Gasteiger partial charge in [-0.15, -0.1) is 0 Å². The second kappa shape index (κ2) is 11.7. The van der Waals surface area contributed by atoms with E-state index < -0.39 is 5.60 Å². The summed E-state index contributed by atoms with van der Waals surface area (Å²) in [5, 5.41) is 0.667. The Labute approximate surface area is 206 Å². The first-order valence-electron chi connectivity index (χ1n) is 12.2. The van der Waals surface area contributed by atoms with Crippen molar-refractivity contribution in [2.45, 2.75) is 50.7 Å². The van der Waals surface area contributed by atoms with Crippen molar-refractivity contribution in [2.24, 2.45) is 0 Å². The van der Waals surface area contributed by atoms with E-state index in [1.165, 1.54) is 0 Å². The summed E-state index contributed by atoms with van der Waals surface area (Å²) in [7, 11) is 0. The topological polar surface area (TPSA) is 77.5 Å². The number of carbonyl (C=O) groups excluding carboxylic acids is 2. The molecule has 3 heterocycles. The van der Waals surface area contributed by atoms with Crippen molar-refractivity contribution in [1.82, 2.24) is 9.80 Å². The summed E-state index contributed by atoms with van der Waals surface area (Å²) >= 11 is 6.15. The zero-order valence-corrected chi connectivity index (χ0v) is 20.7. The van der Waals surface area contributed by atoms with Crippen LogP contribution in [0.5, 0.6) is 5.75 Å². The molecule has 1 aromatic rings. The van der Waals surface area contributed by atoms with Gasteiger partial charge < -0.3 is 28.7 Å². The predicted octanol–water partition coefficient (Wildman–Crippen LogP) is 2.83. The van der Waals surface area contributed by atoms with Crippen LogP contribution in [0.2, 0.25) is 5.02 Å². The summed E-state index contributed by atoms with van der Waals surface area (Å²) in [5.41, 5.74) is -0.0176. The van der Waals surface area contributed by atoms with E-state index in [1.54, 1.807) is 17.0 Å². The predicted molar refractivity (Wildman–Crippen MR) is 127 cm³/mol. The van der Waals surface area contributed by atoms with Crippen molar-refractivity contribution >= 4 is 23.4 Å². The molecule has 0 aromatic heterocycles. The molecule has 1 aromatic carbocycles. The van der Waals surface area contributed by atoms with Gasteiger partial charge in [0.05, 0.1) is 45.3 Å². The number of nitrogens with zero attached hydrogens (tertiary/aromatic N) is 2. The van der Waals surface area contributed by atoms with Crippen molar-refractivity contribution in [3.63, 3.8) is 0 Å². The van der Waals surface area contributed by atoms with Crippen LogP contribution in [0.4, 0.5) is 0 Å². The monoisotopic (exact) mass is 494 g/mol. The highest BCUT2D eigenvalue weighted by Crippen LogP contribution is 2.28. The second-order valence-corrected chi connectivity index (χ2v) is 9.82. The third kappa shape index (κ3) is 6.62. The molecule has 188 valence electrons. The lowest BCUT2D eigenvalue weighted by Gasteiger charge is -2.43. The fraction of sp³-hybridized carbons (Fsp3) is 0.680. The molecule has 0 bridgehead atoms. The third-order valence-corrected chi connectivity index (χ3v) is 7.17. The van der Waals surface area contributed by atoms with Gasteiger partial charge in [-0.3, -0.25) is 9.59 Å². The molecule has 2 amide bonds. The van der Waals surface area contributed by atoms with Crippen molar-refractivity contribution < 1.29 is 28.5 Å².